The lowest BCUT2D eigenvalue weighted by Gasteiger charge is -2.20. The Morgan fingerprint density at radius 1 is 1.48 bits per heavy atom. The fourth-order valence-electron chi connectivity index (χ4n) is 2.10. The SMILES string of the molecule is CC(C)NC(=O)CN1C(=O)N[C@@](C)(c2ccc(Br)s2)C1=O. The fourth-order valence-corrected chi connectivity index (χ4v) is 3.58. The molecule has 21 heavy (non-hydrogen) atoms. The first kappa shape index (κ1) is 16.0. The zero-order valence-electron chi connectivity index (χ0n) is 11.9. The van der Waals surface area contributed by atoms with Gasteiger partial charge in [-0.25, -0.2) is 4.79 Å². The molecule has 6 nitrogen and oxygen atoms in total. The number of amides is 4. The van der Waals surface area contributed by atoms with Gasteiger partial charge < -0.3 is 10.6 Å². The Kier molecular flexibility index (Phi) is 4.38. The van der Waals surface area contributed by atoms with E-state index in [-0.39, 0.29) is 18.5 Å². The van der Waals surface area contributed by atoms with Crippen LogP contribution in [0.4, 0.5) is 4.79 Å². The lowest BCUT2D eigenvalue weighted by atomic mass is 10.0. The summed E-state index contributed by atoms with van der Waals surface area (Å²) < 4.78 is 0.872. The Morgan fingerprint density at radius 3 is 2.67 bits per heavy atom. The topological polar surface area (TPSA) is 78.5 Å². The average molecular weight is 374 g/mol. The van der Waals surface area contributed by atoms with Gasteiger partial charge in [0.05, 0.1) is 3.79 Å². The number of nitrogens with one attached hydrogen (secondary N) is 2. The highest BCUT2D eigenvalue weighted by atomic mass is 79.9. The Balaban J connectivity index is 2.18. The maximum atomic E-state index is 12.5. The Labute approximate surface area is 135 Å². The van der Waals surface area contributed by atoms with E-state index < -0.39 is 17.5 Å². The quantitative estimate of drug-likeness (QED) is 0.789. The molecule has 0 aromatic carbocycles. The van der Waals surface area contributed by atoms with Crippen LogP contribution in [0.3, 0.4) is 0 Å². The summed E-state index contributed by atoms with van der Waals surface area (Å²) in [6.07, 6.45) is 0. The van der Waals surface area contributed by atoms with Crippen molar-refractivity contribution in [3.8, 4) is 0 Å². The molecule has 0 radical (unpaired) electrons. The molecule has 1 aromatic rings. The van der Waals surface area contributed by atoms with Crippen LogP contribution in [0.1, 0.15) is 25.6 Å². The predicted octanol–water partition coefficient (Wildman–Crippen LogP) is 1.80. The molecule has 1 saturated heterocycles. The van der Waals surface area contributed by atoms with Crippen LogP contribution in [0.2, 0.25) is 0 Å². The number of carbonyl (C=O) groups is 3. The molecule has 2 N–H and O–H groups in total. The van der Waals surface area contributed by atoms with Gasteiger partial charge in [-0.05, 0) is 48.8 Å². The number of hydrogen-bond acceptors (Lipinski definition) is 4. The van der Waals surface area contributed by atoms with Crippen LogP contribution in [-0.4, -0.2) is 35.3 Å². The zero-order chi connectivity index (χ0) is 15.8. The van der Waals surface area contributed by atoms with Crippen LogP contribution >= 0.6 is 27.3 Å². The van der Waals surface area contributed by atoms with Crippen LogP contribution < -0.4 is 10.6 Å². The normalized spacial score (nSPS) is 21.9. The second kappa shape index (κ2) is 5.76. The van der Waals surface area contributed by atoms with Gasteiger partial charge in [-0.1, -0.05) is 0 Å². The Morgan fingerprint density at radius 2 is 2.14 bits per heavy atom. The maximum Gasteiger partial charge on any atom is 0.325 e. The molecule has 0 unspecified atom stereocenters. The summed E-state index contributed by atoms with van der Waals surface area (Å²) in [5, 5.41) is 5.33. The van der Waals surface area contributed by atoms with Crippen molar-refractivity contribution in [1.29, 1.82) is 0 Å². The summed E-state index contributed by atoms with van der Waals surface area (Å²) in [7, 11) is 0. The van der Waals surface area contributed by atoms with Gasteiger partial charge in [-0.2, -0.15) is 0 Å². The summed E-state index contributed by atoms with van der Waals surface area (Å²) in [4.78, 5) is 38.0. The van der Waals surface area contributed by atoms with E-state index in [4.69, 9.17) is 0 Å². The zero-order valence-corrected chi connectivity index (χ0v) is 14.3. The van der Waals surface area contributed by atoms with E-state index in [1.165, 1.54) is 11.3 Å². The largest absolute Gasteiger partial charge is 0.352 e. The first-order chi connectivity index (χ1) is 9.74. The van der Waals surface area contributed by atoms with Gasteiger partial charge in [0, 0.05) is 10.9 Å². The minimum absolute atomic E-state index is 0.0436. The molecule has 114 valence electrons. The summed E-state index contributed by atoms with van der Waals surface area (Å²) >= 11 is 4.71. The Hall–Kier alpha value is -1.41. The number of halogens is 1. The van der Waals surface area contributed by atoms with Gasteiger partial charge in [0.1, 0.15) is 6.54 Å². The summed E-state index contributed by atoms with van der Waals surface area (Å²) in [6.45, 7) is 5.00. The molecular formula is C13H16BrN3O3S. The second-order valence-electron chi connectivity index (χ2n) is 5.27. The molecule has 0 aliphatic carbocycles. The van der Waals surface area contributed by atoms with Crippen LogP contribution in [0.5, 0.6) is 0 Å². The highest BCUT2D eigenvalue weighted by Gasteiger charge is 2.50. The van der Waals surface area contributed by atoms with Crippen molar-refractivity contribution in [3.63, 3.8) is 0 Å². The van der Waals surface area contributed by atoms with Crippen LogP contribution in [0.15, 0.2) is 15.9 Å². The number of imide groups is 1. The molecule has 0 bridgehead atoms. The number of nitrogens with zero attached hydrogens (tertiary/aromatic N) is 1. The van der Waals surface area contributed by atoms with Crippen molar-refractivity contribution < 1.29 is 14.4 Å². The number of hydrogen-bond donors (Lipinski definition) is 2. The fraction of sp³-hybridized carbons (Fsp3) is 0.462. The molecule has 1 aromatic heterocycles. The van der Waals surface area contributed by atoms with Gasteiger partial charge in [0.15, 0.2) is 5.54 Å². The van der Waals surface area contributed by atoms with Gasteiger partial charge in [-0.15, -0.1) is 11.3 Å². The standard InChI is InChI=1S/C13H16BrN3O3S/c1-7(2)15-10(18)6-17-11(19)13(3,16-12(17)20)8-4-5-9(14)21-8/h4-5,7H,6H2,1-3H3,(H,15,18)(H,16,20)/t13-/m0/s1. The number of urea groups is 1. The van der Waals surface area contributed by atoms with E-state index in [1.807, 2.05) is 19.9 Å². The van der Waals surface area contributed by atoms with E-state index in [2.05, 4.69) is 26.6 Å². The van der Waals surface area contributed by atoms with Crippen molar-refractivity contribution >= 4 is 45.1 Å². The third kappa shape index (κ3) is 3.11. The van der Waals surface area contributed by atoms with Crippen molar-refractivity contribution in [2.45, 2.75) is 32.4 Å². The molecule has 1 atom stereocenters. The van der Waals surface area contributed by atoms with E-state index in [0.717, 1.165) is 13.6 Å². The molecular weight excluding hydrogens is 358 g/mol. The molecule has 8 heteroatoms. The van der Waals surface area contributed by atoms with Gasteiger partial charge in [0.2, 0.25) is 5.91 Å². The first-order valence-corrected chi connectivity index (χ1v) is 8.04. The smallest absolute Gasteiger partial charge is 0.325 e. The van der Waals surface area contributed by atoms with Crippen LogP contribution in [0, 0.1) is 0 Å². The van der Waals surface area contributed by atoms with Crippen molar-refractivity contribution in [1.82, 2.24) is 15.5 Å². The van der Waals surface area contributed by atoms with E-state index in [1.54, 1.807) is 13.0 Å². The minimum atomic E-state index is -1.12. The minimum Gasteiger partial charge on any atom is -0.352 e. The Bertz CT molecular complexity index is 601. The first-order valence-electron chi connectivity index (χ1n) is 6.43. The molecule has 1 aliphatic rings. The molecule has 0 saturated carbocycles. The number of thiophene rings is 1. The maximum absolute atomic E-state index is 12.5. The number of rotatable bonds is 4. The molecule has 0 spiro atoms. The van der Waals surface area contributed by atoms with Crippen molar-refractivity contribution in [3.05, 3.63) is 20.8 Å². The van der Waals surface area contributed by atoms with E-state index in [9.17, 15) is 14.4 Å². The third-order valence-electron chi connectivity index (χ3n) is 3.09. The number of carbonyl (C=O) groups excluding carboxylic acids is 3. The predicted molar refractivity (Wildman–Crippen MR) is 82.9 cm³/mol. The van der Waals surface area contributed by atoms with Gasteiger partial charge in [0.25, 0.3) is 5.91 Å². The van der Waals surface area contributed by atoms with E-state index >= 15 is 0 Å². The molecule has 2 rings (SSSR count). The molecule has 1 aliphatic heterocycles. The average Bonchev–Trinajstić information content (AvgIpc) is 2.88. The van der Waals surface area contributed by atoms with Crippen LogP contribution in [-0.2, 0) is 15.1 Å². The second-order valence-corrected chi connectivity index (χ2v) is 7.74. The highest BCUT2D eigenvalue weighted by molar-refractivity contribution is 9.11. The van der Waals surface area contributed by atoms with E-state index in [0.29, 0.717) is 0 Å². The van der Waals surface area contributed by atoms with Crippen LogP contribution in [0.25, 0.3) is 0 Å². The van der Waals surface area contributed by atoms with Crippen molar-refractivity contribution in [2.75, 3.05) is 6.54 Å². The monoisotopic (exact) mass is 373 g/mol. The highest BCUT2D eigenvalue weighted by Crippen LogP contribution is 2.35. The lowest BCUT2D eigenvalue weighted by Crippen LogP contribution is -2.44. The van der Waals surface area contributed by atoms with Gasteiger partial charge in [-0.3, -0.25) is 14.5 Å². The molecule has 2 heterocycles. The molecule has 4 amide bonds. The summed E-state index contributed by atoms with van der Waals surface area (Å²) in [5.41, 5.74) is -1.12. The van der Waals surface area contributed by atoms with Crippen molar-refractivity contribution in [2.24, 2.45) is 0 Å². The lowest BCUT2D eigenvalue weighted by molar-refractivity contribution is -0.134. The summed E-state index contributed by atoms with van der Waals surface area (Å²) in [5.74, 6) is -0.772. The summed E-state index contributed by atoms with van der Waals surface area (Å²) in [6, 6.07) is 3.01. The molecule has 1 fully saturated rings. The third-order valence-corrected chi connectivity index (χ3v) is 4.94. The van der Waals surface area contributed by atoms with Gasteiger partial charge >= 0.3 is 6.03 Å².